The van der Waals surface area contributed by atoms with Crippen LogP contribution >= 0.6 is 0 Å². The summed E-state index contributed by atoms with van der Waals surface area (Å²) < 4.78 is 10.8. The van der Waals surface area contributed by atoms with E-state index in [-0.39, 0.29) is 13.2 Å². The number of unbranched alkanes of at least 4 members (excludes halogenated alkanes) is 3. The molecule has 3 N–H and O–H groups in total. The molecule has 0 bridgehead atoms. The monoisotopic (exact) mass is 274 g/mol. The quantitative estimate of drug-likeness (QED) is 0.447. The molecule has 0 amide bonds. The first kappa shape index (κ1) is 16.6. The number of aliphatic hydroxyl groups is 3. The molecule has 112 valence electrons. The number of rotatable bonds is 8. The van der Waals surface area contributed by atoms with Crippen molar-refractivity contribution in [3.63, 3.8) is 0 Å². The average Bonchev–Trinajstić information content (AvgIpc) is 2.42. The third kappa shape index (κ3) is 5.58. The van der Waals surface area contributed by atoms with Gasteiger partial charge >= 0.3 is 0 Å². The number of hydrogen-bond donors (Lipinski definition) is 3. The Morgan fingerprint density at radius 2 is 2.00 bits per heavy atom. The highest BCUT2D eigenvalue weighted by Gasteiger charge is 2.38. The van der Waals surface area contributed by atoms with Crippen LogP contribution < -0.4 is 0 Å². The lowest BCUT2D eigenvalue weighted by atomic mass is 10.0. The zero-order chi connectivity index (χ0) is 14.1. The second kappa shape index (κ2) is 9.44. The molecule has 0 aromatic carbocycles. The summed E-state index contributed by atoms with van der Waals surface area (Å²) in [4.78, 5) is 0. The van der Waals surface area contributed by atoms with Gasteiger partial charge in [-0.15, -0.1) is 0 Å². The van der Waals surface area contributed by atoms with E-state index in [1.807, 2.05) is 13.0 Å². The van der Waals surface area contributed by atoms with E-state index < -0.39 is 24.4 Å². The van der Waals surface area contributed by atoms with Crippen molar-refractivity contribution < 1.29 is 24.8 Å². The first-order valence-electron chi connectivity index (χ1n) is 7.02. The molecular formula is C14H26O5. The first-order chi connectivity index (χ1) is 9.20. The van der Waals surface area contributed by atoms with Crippen molar-refractivity contribution in [2.45, 2.75) is 57.0 Å². The maximum atomic E-state index is 9.84. The second-order valence-electron chi connectivity index (χ2n) is 4.86. The smallest absolute Gasteiger partial charge is 0.111 e. The first-order valence-corrected chi connectivity index (χ1v) is 7.02. The van der Waals surface area contributed by atoms with Gasteiger partial charge in [0.25, 0.3) is 0 Å². The molecule has 19 heavy (non-hydrogen) atoms. The van der Waals surface area contributed by atoms with Crippen LogP contribution in [0.4, 0.5) is 0 Å². The summed E-state index contributed by atoms with van der Waals surface area (Å²) in [5.41, 5.74) is 0. The molecule has 1 aliphatic heterocycles. The van der Waals surface area contributed by atoms with Gasteiger partial charge in [-0.2, -0.15) is 0 Å². The number of hydrogen-bond acceptors (Lipinski definition) is 5. The Bertz CT molecular complexity index is 256. The molecule has 0 aromatic heterocycles. The van der Waals surface area contributed by atoms with Gasteiger partial charge in [0.05, 0.1) is 13.2 Å². The fourth-order valence-electron chi connectivity index (χ4n) is 2.11. The van der Waals surface area contributed by atoms with Gasteiger partial charge in [0.1, 0.15) is 24.4 Å². The highest BCUT2D eigenvalue weighted by molar-refractivity contribution is 4.87. The van der Waals surface area contributed by atoms with Crippen LogP contribution in [0.15, 0.2) is 12.2 Å². The second-order valence-corrected chi connectivity index (χ2v) is 4.86. The third-order valence-electron chi connectivity index (χ3n) is 3.35. The fraction of sp³-hybridized carbons (Fsp3) is 0.857. The molecule has 5 nitrogen and oxygen atoms in total. The van der Waals surface area contributed by atoms with Crippen molar-refractivity contribution in [3.05, 3.63) is 12.2 Å². The molecule has 1 aliphatic rings. The van der Waals surface area contributed by atoms with E-state index in [1.54, 1.807) is 0 Å². The van der Waals surface area contributed by atoms with E-state index in [0.717, 1.165) is 25.7 Å². The Morgan fingerprint density at radius 1 is 1.21 bits per heavy atom. The minimum Gasteiger partial charge on any atom is -0.394 e. The van der Waals surface area contributed by atoms with E-state index in [2.05, 4.69) is 6.08 Å². The van der Waals surface area contributed by atoms with E-state index in [9.17, 15) is 10.2 Å². The largest absolute Gasteiger partial charge is 0.394 e. The summed E-state index contributed by atoms with van der Waals surface area (Å²) in [7, 11) is 0. The van der Waals surface area contributed by atoms with Gasteiger partial charge in [0.2, 0.25) is 0 Å². The van der Waals surface area contributed by atoms with Gasteiger partial charge < -0.3 is 24.8 Å². The number of allylic oxidation sites excluding steroid dienone is 2. The highest BCUT2D eigenvalue weighted by atomic mass is 16.6. The highest BCUT2D eigenvalue weighted by Crippen LogP contribution is 2.18. The van der Waals surface area contributed by atoms with Crippen molar-refractivity contribution in [1.82, 2.24) is 0 Å². The minimum absolute atomic E-state index is 0.210. The molecule has 0 unspecified atom stereocenters. The van der Waals surface area contributed by atoms with Crippen LogP contribution in [0.3, 0.4) is 0 Å². The predicted octanol–water partition coefficient (Wildman–Crippen LogP) is 0.621. The number of aliphatic hydroxyl groups excluding tert-OH is 3. The summed E-state index contributed by atoms with van der Waals surface area (Å²) in [5.74, 6) is 0. The fourth-order valence-corrected chi connectivity index (χ4v) is 2.11. The van der Waals surface area contributed by atoms with Gasteiger partial charge in [-0.25, -0.2) is 0 Å². The van der Waals surface area contributed by atoms with E-state index in [4.69, 9.17) is 14.6 Å². The molecule has 0 spiro atoms. The Labute approximate surface area is 114 Å². The van der Waals surface area contributed by atoms with E-state index in [0.29, 0.717) is 6.61 Å². The van der Waals surface area contributed by atoms with Crippen molar-refractivity contribution in [2.75, 3.05) is 19.8 Å². The van der Waals surface area contributed by atoms with Gasteiger partial charge in [-0.05, 0) is 26.2 Å². The zero-order valence-electron chi connectivity index (χ0n) is 11.6. The maximum Gasteiger partial charge on any atom is 0.111 e. The molecule has 4 atom stereocenters. The van der Waals surface area contributed by atoms with Crippen molar-refractivity contribution in [3.8, 4) is 0 Å². The van der Waals surface area contributed by atoms with Crippen LogP contribution in [0.5, 0.6) is 0 Å². The summed E-state index contributed by atoms with van der Waals surface area (Å²) >= 11 is 0. The molecule has 0 aliphatic carbocycles. The third-order valence-corrected chi connectivity index (χ3v) is 3.35. The summed E-state index contributed by atoms with van der Waals surface area (Å²) in [6.45, 7) is 2.48. The van der Waals surface area contributed by atoms with Crippen LogP contribution in [0.25, 0.3) is 0 Å². The topological polar surface area (TPSA) is 79.2 Å². The lowest BCUT2D eigenvalue weighted by molar-refractivity contribution is -0.208. The van der Waals surface area contributed by atoms with Crippen LogP contribution in [0.2, 0.25) is 0 Å². The van der Waals surface area contributed by atoms with Crippen LogP contribution in [0, 0.1) is 0 Å². The Hall–Kier alpha value is -0.460. The summed E-state index contributed by atoms with van der Waals surface area (Å²) in [6.07, 6.45) is 5.12. The van der Waals surface area contributed by atoms with Crippen LogP contribution in [0.1, 0.15) is 32.6 Å². The molecule has 0 saturated carbocycles. The summed E-state index contributed by atoms with van der Waals surface area (Å²) in [5, 5.41) is 28.5. The summed E-state index contributed by atoms with van der Waals surface area (Å²) in [6, 6.07) is 0. The molecule has 1 saturated heterocycles. The van der Waals surface area contributed by atoms with Gasteiger partial charge in [-0.1, -0.05) is 18.6 Å². The standard InChI is InChI=1S/C14H26O5/c1-2-3-4-5-6-7-8-18-12-10-19-11(9-15)13(16)14(12)17/h2-3,11-17H,4-10H2,1H3/b3-2+/t11-,12+,13-,14-/m1/s1. The lowest BCUT2D eigenvalue weighted by Crippen LogP contribution is -2.55. The molecule has 1 fully saturated rings. The van der Waals surface area contributed by atoms with Gasteiger partial charge in [0, 0.05) is 6.61 Å². The Morgan fingerprint density at radius 3 is 2.68 bits per heavy atom. The maximum absolute atomic E-state index is 9.84. The number of ether oxygens (including phenoxy) is 2. The lowest BCUT2D eigenvalue weighted by Gasteiger charge is -2.36. The molecule has 0 aromatic rings. The van der Waals surface area contributed by atoms with Crippen molar-refractivity contribution >= 4 is 0 Å². The Balaban J connectivity index is 2.12. The molecule has 0 radical (unpaired) electrons. The molecule has 1 heterocycles. The van der Waals surface area contributed by atoms with Crippen molar-refractivity contribution in [1.29, 1.82) is 0 Å². The minimum atomic E-state index is -1.08. The predicted molar refractivity (Wildman–Crippen MR) is 71.9 cm³/mol. The van der Waals surface area contributed by atoms with Crippen LogP contribution in [-0.2, 0) is 9.47 Å². The van der Waals surface area contributed by atoms with E-state index in [1.165, 1.54) is 0 Å². The van der Waals surface area contributed by atoms with Gasteiger partial charge in [0.15, 0.2) is 0 Å². The molecular weight excluding hydrogens is 248 g/mol. The zero-order valence-corrected chi connectivity index (χ0v) is 11.6. The molecule has 1 rings (SSSR count). The normalized spacial score (nSPS) is 32.0. The molecule has 5 heteroatoms. The SMILES string of the molecule is C/C=C/CCCCCO[C@H]1CO[C@H](CO)[C@@H](O)[C@@H]1O. The van der Waals surface area contributed by atoms with Crippen LogP contribution in [-0.4, -0.2) is 59.6 Å². The van der Waals surface area contributed by atoms with E-state index >= 15 is 0 Å². The Kier molecular flexibility index (Phi) is 8.25. The van der Waals surface area contributed by atoms with Crippen molar-refractivity contribution in [2.24, 2.45) is 0 Å². The average molecular weight is 274 g/mol. The van der Waals surface area contributed by atoms with Gasteiger partial charge in [-0.3, -0.25) is 0 Å².